The Morgan fingerprint density at radius 2 is 1.05 bits per heavy atom. The summed E-state index contributed by atoms with van der Waals surface area (Å²) in [6.07, 6.45) is 17.3. The highest BCUT2D eigenvalue weighted by Gasteiger charge is 2.24. The number of aromatic nitrogens is 10. The minimum atomic E-state index is -3.16. The summed E-state index contributed by atoms with van der Waals surface area (Å²) in [5.74, 6) is 0.817. The summed E-state index contributed by atoms with van der Waals surface area (Å²) in [4.78, 5) is 10.6. The number of hydrogen-bond donors (Lipinski definition) is 1. The lowest BCUT2D eigenvalue weighted by atomic mass is 10.1. The molecule has 0 bridgehead atoms. The second-order valence-corrected chi connectivity index (χ2v) is 19.6. The summed E-state index contributed by atoms with van der Waals surface area (Å²) < 4.78 is 55.7. The molecule has 2 aromatic carbocycles. The van der Waals surface area contributed by atoms with Crippen LogP contribution in [0, 0.1) is 0 Å². The Hall–Kier alpha value is -6.03. The van der Waals surface area contributed by atoms with Gasteiger partial charge in [-0.15, -0.1) is 0 Å². The Balaban J connectivity index is 0.000000147. The van der Waals surface area contributed by atoms with Crippen LogP contribution in [-0.2, 0) is 34.1 Å². The third-order valence-electron chi connectivity index (χ3n) is 10.7. The van der Waals surface area contributed by atoms with Gasteiger partial charge in [-0.2, -0.15) is 29.0 Å². The van der Waals surface area contributed by atoms with Gasteiger partial charge in [0.1, 0.15) is 11.0 Å². The molecule has 63 heavy (non-hydrogen) atoms. The molecule has 18 nitrogen and oxygen atoms in total. The van der Waals surface area contributed by atoms with Crippen LogP contribution in [0.2, 0.25) is 5.15 Å². The number of aryl methyl sites for hydroxylation is 2. The Labute approximate surface area is 370 Å². The van der Waals surface area contributed by atoms with Crippen molar-refractivity contribution in [2.24, 2.45) is 14.1 Å². The van der Waals surface area contributed by atoms with Crippen LogP contribution in [0.5, 0.6) is 0 Å². The van der Waals surface area contributed by atoms with Crippen molar-refractivity contribution in [3.63, 3.8) is 0 Å². The van der Waals surface area contributed by atoms with Crippen LogP contribution < -0.4 is 10.2 Å². The lowest BCUT2D eigenvalue weighted by molar-refractivity contribution is 0.363. The second-order valence-electron chi connectivity index (χ2n) is 15.2. The van der Waals surface area contributed by atoms with E-state index < -0.39 is 20.0 Å². The Morgan fingerprint density at radius 3 is 1.51 bits per heavy atom. The number of benzene rings is 2. The number of fused-ring (bicyclic) bond motifs is 2. The maximum absolute atomic E-state index is 11.8. The molecule has 2 aliphatic heterocycles. The molecular formula is C42H47ClN14O4S2. The molecule has 2 saturated heterocycles. The molecular weight excluding hydrogens is 864 g/mol. The molecule has 2 fully saturated rings. The van der Waals surface area contributed by atoms with Crippen molar-refractivity contribution in [2.75, 3.05) is 69.8 Å². The molecule has 0 atom stereocenters. The molecule has 10 rings (SSSR count). The van der Waals surface area contributed by atoms with E-state index in [2.05, 4.69) is 77.0 Å². The summed E-state index contributed by atoms with van der Waals surface area (Å²) in [5, 5.41) is 23.2. The molecule has 0 spiro atoms. The molecule has 0 radical (unpaired) electrons. The highest BCUT2D eigenvalue weighted by Crippen LogP contribution is 2.28. The van der Waals surface area contributed by atoms with E-state index in [1.807, 2.05) is 78.8 Å². The highest BCUT2D eigenvalue weighted by molar-refractivity contribution is 7.88. The third kappa shape index (κ3) is 10.3. The molecule has 8 aromatic rings. The molecule has 2 aliphatic rings. The van der Waals surface area contributed by atoms with Crippen molar-refractivity contribution in [3.8, 4) is 33.6 Å². The average Bonchev–Trinajstić information content (AvgIpc) is 4.10. The fraction of sp³-hybridized carbons (Fsp3) is 0.286. The van der Waals surface area contributed by atoms with Crippen molar-refractivity contribution < 1.29 is 16.8 Å². The average molecular weight is 912 g/mol. The molecule has 0 amide bonds. The third-order valence-corrected chi connectivity index (χ3v) is 13.5. The number of sulfonamides is 2. The first-order chi connectivity index (χ1) is 30.2. The summed E-state index contributed by atoms with van der Waals surface area (Å²) in [6.45, 7) is 4.90. The van der Waals surface area contributed by atoms with Gasteiger partial charge >= 0.3 is 0 Å². The first kappa shape index (κ1) is 43.6. The van der Waals surface area contributed by atoms with E-state index in [1.165, 1.54) is 21.1 Å². The van der Waals surface area contributed by atoms with Crippen LogP contribution in [0.4, 0.5) is 5.82 Å². The number of anilines is 1. The van der Waals surface area contributed by atoms with Crippen LogP contribution in [0.15, 0.2) is 110 Å². The molecule has 0 aliphatic carbocycles. The largest absolute Gasteiger partial charge is 0.354 e. The topological polar surface area (TPSA) is 187 Å². The van der Waals surface area contributed by atoms with Crippen molar-refractivity contribution >= 4 is 59.3 Å². The van der Waals surface area contributed by atoms with Gasteiger partial charge in [-0.3, -0.25) is 9.36 Å². The lowest BCUT2D eigenvalue weighted by Gasteiger charge is -2.34. The lowest BCUT2D eigenvalue weighted by Crippen LogP contribution is -2.48. The molecule has 1 N–H and O–H groups in total. The van der Waals surface area contributed by atoms with E-state index in [9.17, 15) is 16.8 Å². The number of rotatable bonds is 7. The van der Waals surface area contributed by atoms with Gasteiger partial charge in [0.25, 0.3) is 0 Å². The SMILES string of the molecule is CS(=O)(=O)N1CCNCC1.Cn1cc(-c2ccc3cnn(-c4ccnc(Cl)c4)c3c2)cn1.Cn1cc(-c2ccc3cnn(-c4ccnc(N5CCN(S(C)(=O)=O)CC5)c4)c3c2)cn1. The second kappa shape index (κ2) is 18.4. The van der Waals surface area contributed by atoms with Crippen molar-refractivity contribution in [1.29, 1.82) is 0 Å². The van der Waals surface area contributed by atoms with Gasteiger partial charge in [0.05, 0.1) is 59.7 Å². The van der Waals surface area contributed by atoms with Gasteiger partial charge in [0, 0.05) is 125 Å². The zero-order valence-corrected chi connectivity index (χ0v) is 37.6. The Bertz CT molecular complexity index is 3090. The number of hydrogen-bond acceptors (Lipinski definition) is 12. The van der Waals surface area contributed by atoms with E-state index in [0.717, 1.165) is 74.3 Å². The molecule has 8 heterocycles. The van der Waals surface area contributed by atoms with Crippen molar-refractivity contribution in [1.82, 2.24) is 63.0 Å². The van der Waals surface area contributed by atoms with E-state index in [1.54, 1.807) is 27.8 Å². The summed E-state index contributed by atoms with van der Waals surface area (Å²) in [7, 11) is -2.28. The first-order valence-corrected chi connectivity index (χ1v) is 24.1. The minimum absolute atomic E-state index is 0.449. The van der Waals surface area contributed by atoms with Crippen LogP contribution in [-0.4, -0.2) is 139 Å². The smallest absolute Gasteiger partial charge is 0.211 e. The summed E-state index contributed by atoms with van der Waals surface area (Å²) in [6, 6.07) is 20.1. The maximum atomic E-state index is 11.8. The fourth-order valence-corrected chi connectivity index (χ4v) is 9.25. The van der Waals surface area contributed by atoms with Gasteiger partial charge in [-0.05, 0) is 35.4 Å². The molecule has 0 unspecified atom stereocenters. The van der Waals surface area contributed by atoms with Crippen LogP contribution in [0.25, 0.3) is 55.4 Å². The summed E-state index contributed by atoms with van der Waals surface area (Å²) in [5.41, 5.74) is 8.12. The fourth-order valence-electron chi connectivity index (χ4n) is 7.41. The van der Waals surface area contributed by atoms with Crippen LogP contribution in [0.1, 0.15) is 0 Å². The van der Waals surface area contributed by atoms with Crippen LogP contribution in [0.3, 0.4) is 0 Å². The number of piperazine rings is 2. The van der Waals surface area contributed by atoms with E-state index in [0.29, 0.717) is 44.4 Å². The van der Waals surface area contributed by atoms with Crippen LogP contribution >= 0.6 is 11.6 Å². The normalized spacial score (nSPS) is 15.2. The Kier molecular flexibility index (Phi) is 12.7. The number of nitrogens with zero attached hydrogens (tertiary/aromatic N) is 13. The van der Waals surface area contributed by atoms with E-state index >= 15 is 0 Å². The highest BCUT2D eigenvalue weighted by atomic mass is 35.5. The standard InChI is InChI=1S/C21H23N7O2S.C16H12ClN5.C5H12N2O2S/c1-25-15-18(14-23-25)16-3-4-17-13-24-28(20(17)11-16)19-5-6-22-21(12-19)26-7-9-27(10-8-26)31(2,29)30;1-21-10-13(9-19-21)11-2-3-12-8-20-22(15(12)6-11)14-4-5-18-16(17)7-14;1-10(8,9)7-4-2-6-3-5-7/h3-6,11-15H,7-10H2,1-2H3;2-10H,1H3;6H,2-5H2,1H3. The Morgan fingerprint density at radius 1 is 0.556 bits per heavy atom. The number of pyridine rings is 2. The van der Waals surface area contributed by atoms with Gasteiger partial charge in [-0.25, -0.2) is 36.2 Å². The van der Waals surface area contributed by atoms with Gasteiger partial charge in [0.2, 0.25) is 20.0 Å². The number of halogens is 1. The number of nitrogens with one attached hydrogen (secondary N) is 1. The minimum Gasteiger partial charge on any atom is -0.354 e. The van der Waals surface area contributed by atoms with Crippen molar-refractivity contribution in [3.05, 3.63) is 115 Å². The molecule has 0 saturated carbocycles. The van der Waals surface area contributed by atoms with Gasteiger partial charge in [-0.1, -0.05) is 35.9 Å². The van der Waals surface area contributed by atoms with E-state index in [-0.39, 0.29) is 0 Å². The predicted molar refractivity (Wildman–Crippen MR) is 245 cm³/mol. The predicted octanol–water partition coefficient (Wildman–Crippen LogP) is 4.23. The zero-order chi connectivity index (χ0) is 44.3. The van der Waals surface area contributed by atoms with Gasteiger partial charge in [0.15, 0.2) is 0 Å². The first-order valence-electron chi connectivity index (χ1n) is 20.1. The monoisotopic (exact) mass is 910 g/mol. The summed E-state index contributed by atoms with van der Waals surface area (Å²) >= 11 is 5.98. The molecule has 21 heteroatoms. The molecule has 6 aromatic heterocycles. The quantitative estimate of drug-likeness (QED) is 0.225. The van der Waals surface area contributed by atoms with E-state index in [4.69, 9.17) is 11.6 Å². The van der Waals surface area contributed by atoms with Crippen molar-refractivity contribution in [2.45, 2.75) is 0 Å². The zero-order valence-electron chi connectivity index (χ0n) is 35.2. The molecule has 328 valence electrons. The maximum Gasteiger partial charge on any atom is 0.211 e. The van der Waals surface area contributed by atoms with Gasteiger partial charge < -0.3 is 10.2 Å².